The van der Waals surface area contributed by atoms with Gasteiger partial charge in [-0.1, -0.05) is 90.5 Å². The van der Waals surface area contributed by atoms with E-state index in [0.29, 0.717) is 10.6 Å². The Bertz CT molecular complexity index is 1050. The van der Waals surface area contributed by atoms with E-state index in [2.05, 4.69) is 16.2 Å². The molecule has 0 fully saturated rings. The van der Waals surface area contributed by atoms with Gasteiger partial charge >= 0.3 is 0 Å². The zero-order valence-electron chi connectivity index (χ0n) is 16.4. The van der Waals surface area contributed by atoms with Crippen LogP contribution in [0.2, 0.25) is 5.02 Å². The van der Waals surface area contributed by atoms with Crippen LogP contribution in [0.3, 0.4) is 0 Å². The summed E-state index contributed by atoms with van der Waals surface area (Å²) in [5.41, 5.74) is 7.55. The average molecular weight is 450 g/mol. The standard InChI is InChI=1S/C24H20ClN3O2S/c25-20-14-8-7-9-17(20)15-16-21(29)26-24(31)28-27-23(30)22(18-10-3-1-4-11-18)19-12-5-2-6-13-19/h1-16,22H,(H,27,30)(H2,26,28,29,31)/b16-15+. The number of thiocarbonyl (C=S) groups is 1. The molecule has 7 heteroatoms. The number of halogens is 1. The minimum atomic E-state index is -0.534. The topological polar surface area (TPSA) is 70.2 Å². The Hall–Kier alpha value is -3.48. The number of carbonyl (C=O) groups is 2. The summed E-state index contributed by atoms with van der Waals surface area (Å²) in [6.07, 6.45) is 2.90. The Morgan fingerprint density at radius 1 is 0.806 bits per heavy atom. The third-order valence-corrected chi connectivity index (χ3v) is 4.93. The molecule has 0 aliphatic carbocycles. The van der Waals surface area contributed by atoms with Crippen LogP contribution in [-0.2, 0) is 9.59 Å². The van der Waals surface area contributed by atoms with Crippen molar-refractivity contribution in [2.45, 2.75) is 5.92 Å². The Balaban J connectivity index is 1.60. The molecule has 0 spiro atoms. The first-order valence-electron chi connectivity index (χ1n) is 9.48. The fraction of sp³-hybridized carbons (Fsp3) is 0.0417. The zero-order chi connectivity index (χ0) is 22.1. The van der Waals surface area contributed by atoms with E-state index in [4.69, 9.17) is 23.8 Å². The van der Waals surface area contributed by atoms with Gasteiger partial charge in [-0.05, 0) is 41.1 Å². The van der Waals surface area contributed by atoms with Crippen molar-refractivity contribution in [1.29, 1.82) is 0 Å². The highest BCUT2D eigenvalue weighted by Gasteiger charge is 2.22. The third-order valence-electron chi connectivity index (χ3n) is 4.38. The lowest BCUT2D eigenvalue weighted by atomic mass is 9.91. The Morgan fingerprint density at radius 2 is 1.35 bits per heavy atom. The SMILES string of the molecule is O=C(/C=C/c1ccccc1Cl)NC(=S)NNC(=O)C(c1ccccc1)c1ccccc1. The number of amides is 2. The molecule has 0 bridgehead atoms. The summed E-state index contributed by atoms with van der Waals surface area (Å²) in [5, 5.41) is 2.99. The van der Waals surface area contributed by atoms with E-state index in [1.165, 1.54) is 6.08 Å². The monoisotopic (exact) mass is 449 g/mol. The molecule has 0 aromatic heterocycles. The summed E-state index contributed by atoms with van der Waals surface area (Å²) in [6.45, 7) is 0. The van der Waals surface area contributed by atoms with Gasteiger partial charge in [0, 0.05) is 11.1 Å². The van der Waals surface area contributed by atoms with Crippen LogP contribution in [0.4, 0.5) is 0 Å². The molecule has 0 heterocycles. The van der Waals surface area contributed by atoms with E-state index in [9.17, 15) is 9.59 Å². The molecule has 3 aromatic carbocycles. The smallest absolute Gasteiger partial charge is 0.250 e. The predicted molar refractivity (Wildman–Crippen MR) is 127 cm³/mol. The maximum atomic E-state index is 12.9. The molecule has 5 nitrogen and oxygen atoms in total. The van der Waals surface area contributed by atoms with Crippen molar-refractivity contribution in [3.8, 4) is 0 Å². The third kappa shape index (κ3) is 6.50. The number of hydrogen-bond donors (Lipinski definition) is 3. The molecule has 3 aromatic rings. The van der Waals surface area contributed by atoms with Gasteiger partial charge in [-0.2, -0.15) is 0 Å². The molecular weight excluding hydrogens is 430 g/mol. The van der Waals surface area contributed by atoms with Crippen molar-refractivity contribution < 1.29 is 9.59 Å². The van der Waals surface area contributed by atoms with Gasteiger partial charge in [0.05, 0.1) is 5.92 Å². The second-order valence-corrected chi connectivity index (χ2v) is 7.36. The second-order valence-electron chi connectivity index (χ2n) is 6.54. The first kappa shape index (κ1) is 22.2. The minimum absolute atomic E-state index is 0.0259. The largest absolute Gasteiger partial charge is 0.298 e. The van der Waals surface area contributed by atoms with Crippen molar-refractivity contribution in [3.05, 3.63) is 113 Å². The van der Waals surface area contributed by atoms with Gasteiger partial charge in [-0.15, -0.1) is 0 Å². The molecule has 0 saturated heterocycles. The Labute approximate surface area is 191 Å². The van der Waals surface area contributed by atoms with E-state index in [1.807, 2.05) is 66.7 Å². The maximum Gasteiger partial charge on any atom is 0.250 e. The number of hydrazine groups is 1. The molecule has 0 saturated carbocycles. The summed E-state index contributed by atoms with van der Waals surface area (Å²) in [5.74, 6) is -1.29. The number of benzene rings is 3. The molecule has 0 unspecified atom stereocenters. The van der Waals surface area contributed by atoms with Gasteiger partial charge in [-0.25, -0.2) is 0 Å². The molecular formula is C24H20ClN3O2S. The summed E-state index contributed by atoms with van der Waals surface area (Å²) < 4.78 is 0. The predicted octanol–water partition coefficient (Wildman–Crippen LogP) is 4.21. The van der Waals surface area contributed by atoms with Gasteiger partial charge in [0.15, 0.2) is 5.11 Å². The first-order chi connectivity index (χ1) is 15.0. The lowest BCUT2D eigenvalue weighted by Crippen LogP contribution is -2.49. The molecule has 31 heavy (non-hydrogen) atoms. The van der Waals surface area contributed by atoms with E-state index >= 15 is 0 Å². The number of carbonyl (C=O) groups excluding carboxylic acids is 2. The number of nitrogens with one attached hydrogen (secondary N) is 3. The molecule has 0 atom stereocenters. The van der Waals surface area contributed by atoms with E-state index in [0.717, 1.165) is 11.1 Å². The summed E-state index contributed by atoms with van der Waals surface area (Å²) in [4.78, 5) is 25.0. The quantitative estimate of drug-likeness (QED) is 0.310. The second kappa shape index (κ2) is 11.1. The molecule has 0 aliphatic rings. The van der Waals surface area contributed by atoms with E-state index in [-0.39, 0.29) is 11.0 Å². The van der Waals surface area contributed by atoms with Crippen LogP contribution < -0.4 is 16.2 Å². The lowest BCUT2D eigenvalue weighted by Gasteiger charge is -2.18. The van der Waals surface area contributed by atoms with Crippen LogP contribution in [0.1, 0.15) is 22.6 Å². The van der Waals surface area contributed by atoms with Crippen LogP contribution in [-0.4, -0.2) is 16.9 Å². The van der Waals surface area contributed by atoms with Crippen LogP contribution >= 0.6 is 23.8 Å². The van der Waals surface area contributed by atoms with Crippen LogP contribution in [0, 0.1) is 0 Å². The molecule has 3 N–H and O–H groups in total. The fourth-order valence-electron chi connectivity index (χ4n) is 2.94. The molecule has 2 amide bonds. The number of hydrogen-bond acceptors (Lipinski definition) is 3. The average Bonchev–Trinajstić information content (AvgIpc) is 2.79. The zero-order valence-corrected chi connectivity index (χ0v) is 18.0. The van der Waals surface area contributed by atoms with Gasteiger partial charge < -0.3 is 0 Å². The Morgan fingerprint density at radius 3 is 1.94 bits per heavy atom. The normalized spacial score (nSPS) is 10.6. The van der Waals surface area contributed by atoms with Crippen molar-refractivity contribution in [2.75, 3.05) is 0 Å². The lowest BCUT2D eigenvalue weighted by molar-refractivity contribution is -0.122. The van der Waals surface area contributed by atoms with Crippen molar-refractivity contribution >= 4 is 46.8 Å². The summed E-state index contributed by atoms with van der Waals surface area (Å²) >= 11 is 11.2. The van der Waals surface area contributed by atoms with Crippen LogP contribution in [0.15, 0.2) is 91.0 Å². The van der Waals surface area contributed by atoms with E-state index < -0.39 is 11.8 Å². The highest BCUT2D eigenvalue weighted by Crippen LogP contribution is 2.24. The van der Waals surface area contributed by atoms with E-state index in [1.54, 1.807) is 24.3 Å². The van der Waals surface area contributed by atoms with Crippen molar-refractivity contribution in [1.82, 2.24) is 16.2 Å². The highest BCUT2D eigenvalue weighted by molar-refractivity contribution is 7.80. The first-order valence-corrected chi connectivity index (χ1v) is 10.3. The summed E-state index contributed by atoms with van der Waals surface area (Å²) in [6, 6.07) is 26.0. The van der Waals surface area contributed by atoms with Gasteiger partial charge in [-0.3, -0.25) is 25.8 Å². The van der Waals surface area contributed by atoms with Crippen LogP contribution in [0.25, 0.3) is 6.08 Å². The molecule has 156 valence electrons. The van der Waals surface area contributed by atoms with Crippen LogP contribution in [0.5, 0.6) is 0 Å². The van der Waals surface area contributed by atoms with Crippen molar-refractivity contribution in [2.24, 2.45) is 0 Å². The summed E-state index contributed by atoms with van der Waals surface area (Å²) in [7, 11) is 0. The van der Waals surface area contributed by atoms with Gasteiger partial charge in [0.2, 0.25) is 11.8 Å². The fourth-order valence-corrected chi connectivity index (χ4v) is 3.29. The maximum absolute atomic E-state index is 12.9. The van der Waals surface area contributed by atoms with Gasteiger partial charge in [0.25, 0.3) is 0 Å². The van der Waals surface area contributed by atoms with Gasteiger partial charge in [0.1, 0.15) is 0 Å². The molecule has 3 rings (SSSR count). The molecule has 0 aliphatic heterocycles. The number of rotatable bonds is 5. The van der Waals surface area contributed by atoms with Crippen molar-refractivity contribution in [3.63, 3.8) is 0 Å². The highest BCUT2D eigenvalue weighted by atomic mass is 35.5. The Kier molecular flexibility index (Phi) is 7.92. The minimum Gasteiger partial charge on any atom is -0.298 e. The molecule has 0 radical (unpaired) electrons.